The van der Waals surface area contributed by atoms with Crippen LogP contribution in [0.5, 0.6) is 0 Å². The van der Waals surface area contributed by atoms with Gasteiger partial charge < -0.3 is 0 Å². The molecule has 0 aliphatic heterocycles. The van der Waals surface area contributed by atoms with Crippen molar-refractivity contribution >= 4 is 11.6 Å². The molecule has 1 aromatic carbocycles. The van der Waals surface area contributed by atoms with Gasteiger partial charge in [-0.15, -0.1) is 0 Å². The molecule has 0 fully saturated rings. The Bertz CT molecular complexity index is 352. The van der Waals surface area contributed by atoms with Gasteiger partial charge in [0.1, 0.15) is 6.10 Å². The molecule has 0 N–H and O–H groups in total. The average Bonchev–Trinajstić information content (AvgIpc) is 2.24. The second-order valence-electron chi connectivity index (χ2n) is 5.96. The summed E-state index contributed by atoms with van der Waals surface area (Å²) >= 11 is 5.90. The third kappa shape index (κ3) is 5.85. The minimum absolute atomic E-state index is 0.0542. The molecule has 0 heterocycles. The normalized spacial score (nSPS) is 13.9. The van der Waals surface area contributed by atoms with Crippen LogP contribution in [0.15, 0.2) is 24.3 Å². The first-order valence-electron chi connectivity index (χ1n) is 6.38. The van der Waals surface area contributed by atoms with Crippen LogP contribution < -0.4 is 0 Å². The molecule has 1 aromatic rings. The van der Waals surface area contributed by atoms with Crippen LogP contribution in [0.25, 0.3) is 0 Å². The predicted octanol–water partition coefficient (Wildman–Crippen LogP) is 5.17. The third-order valence-corrected chi connectivity index (χ3v) is 2.59. The Balaban J connectivity index is 2.74. The summed E-state index contributed by atoms with van der Waals surface area (Å²) in [5, 5.41) is 0.735. The second-order valence-corrected chi connectivity index (χ2v) is 6.40. The monoisotopic (exact) mass is 270 g/mol. The lowest BCUT2D eigenvalue weighted by molar-refractivity contribution is -0.377. The number of benzene rings is 1. The summed E-state index contributed by atoms with van der Waals surface area (Å²) < 4.78 is 0. The molecule has 102 valence electrons. The molecule has 0 aliphatic carbocycles. The summed E-state index contributed by atoms with van der Waals surface area (Å²) in [6.07, 6.45) is 0.860. The van der Waals surface area contributed by atoms with E-state index < -0.39 is 0 Å². The zero-order chi connectivity index (χ0) is 13.8. The standard InChI is InChI=1S/C15H23ClO2/c1-11(2)10-14(17-18-15(3,4)5)12-6-8-13(16)9-7-12/h6-9,11,14H,10H2,1-5H3. The lowest BCUT2D eigenvalue weighted by atomic mass is 10.00. The Labute approximate surface area is 115 Å². The molecule has 18 heavy (non-hydrogen) atoms. The minimum atomic E-state index is -0.304. The summed E-state index contributed by atoms with van der Waals surface area (Å²) in [7, 11) is 0. The number of hydrogen-bond donors (Lipinski definition) is 0. The number of rotatable bonds is 5. The Morgan fingerprint density at radius 3 is 2.11 bits per heavy atom. The van der Waals surface area contributed by atoms with Gasteiger partial charge in [-0.05, 0) is 50.8 Å². The van der Waals surface area contributed by atoms with Crippen molar-refractivity contribution in [3.63, 3.8) is 0 Å². The van der Waals surface area contributed by atoms with Crippen LogP contribution in [0.4, 0.5) is 0 Å². The van der Waals surface area contributed by atoms with E-state index in [0.29, 0.717) is 5.92 Å². The predicted molar refractivity (Wildman–Crippen MR) is 75.6 cm³/mol. The summed E-state index contributed by atoms with van der Waals surface area (Å²) in [5.41, 5.74) is 0.791. The minimum Gasteiger partial charge on any atom is -0.230 e. The SMILES string of the molecule is CC(C)CC(OOC(C)(C)C)c1ccc(Cl)cc1. The van der Waals surface area contributed by atoms with E-state index in [0.717, 1.165) is 17.0 Å². The van der Waals surface area contributed by atoms with Gasteiger partial charge in [-0.3, -0.25) is 0 Å². The van der Waals surface area contributed by atoms with Gasteiger partial charge in [0, 0.05) is 5.02 Å². The Morgan fingerprint density at radius 1 is 1.11 bits per heavy atom. The molecule has 1 rings (SSSR count). The molecular weight excluding hydrogens is 248 g/mol. The first kappa shape index (κ1) is 15.5. The van der Waals surface area contributed by atoms with Crippen LogP contribution in [0, 0.1) is 5.92 Å². The van der Waals surface area contributed by atoms with Crippen molar-refractivity contribution in [3.8, 4) is 0 Å². The van der Waals surface area contributed by atoms with Crippen molar-refractivity contribution in [2.75, 3.05) is 0 Å². The van der Waals surface area contributed by atoms with Crippen molar-refractivity contribution in [1.29, 1.82) is 0 Å². The molecular formula is C15H23ClO2. The van der Waals surface area contributed by atoms with E-state index in [1.807, 2.05) is 45.0 Å². The maximum absolute atomic E-state index is 5.90. The number of halogens is 1. The van der Waals surface area contributed by atoms with Crippen molar-refractivity contribution in [1.82, 2.24) is 0 Å². The lowest BCUT2D eigenvalue weighted by Gasteiger charge is -2.24. The first-order valence-corrected chi connectivity index (χ1v) is 6.75. The van der Waals surface area contributed by atoms with Crippen LogP contribution in [0.2, 0.25) is 5.02 Å². The summed E-state index contributed by atoms with van der Waals surface area (Å²) in [6.45, 7) is 10.3. The van der Waals surface area contributed by atoms with E-state index >= 15 is 0 Å². The fraction of sp³-hybridized carbons (Fsp3) is 0.600. The molecule has 1 unspecified atom stereocenters. The van der Waals surface area contributed by atoms with Crippen molar-refractivity contribution in [2.45, 2.75) is 52.7 Å². The van der Waals surface area contributed by atoms with Crippen LogP contribution in [0.1, 0.15) is 52.7 Å². The quantitative estimate of drug-likeness (QED) is 0.542. The van der Waals surface area contributed by atoms with E-state index in [-0.39, 0.29) is 11.7 Å². The van der Waals surface area contributed by atoms with Crippen LogP contribution >= 0.6 is 11.6 Å². The third-order valence-electron chi connectivity index (χ3n) is 2.34. The van der Waals surface area contributed by atoms with Gasteiger partial charge in [-0.2, -0.15) is 0 Å². The molecule has 2 nitrogen and oxygen atoms in total. The Kier molecular flexibility index (Phi) is 5.64. The highest BCUT2D eigenvalue weighted by Gasteiger charge is 2.19. The zero-order valence-electron chi connectivity index (χ0n) is 11.9. The number of hydrogen-bond acceptors (Lipinski definition) is 2. The van der Waals surface area contributed by atoms with Crippen molar-refractivity contribution in [2.24, 2.45) is 5.92 Å². The van der Waals surface area contributed by atoms with Gasteiger partial charge in [0.25, 0.3) is 0 Å². The summed E-state index contributed by atoms with van der Waals surface area (Å²) in [5.74, 6) is 0.536. The van der Waals surface area contributed by atoms with Gasteiger partial charge in [0.2, 0.25) is 0 Å². The maximum atomic E-state index is 5.90. The highest BCUT2D eigenvalue weighted by Crippen LogP contribution is 2.28. The molecule has 0 aromatic heterocycles. The van der Waals surface area contributed by atoms with E-state index in [4.69, 9.17) is 21.4 Å². The molecule has 0 saturated carbocycles. The van der Waals surface area contributed by atoms with E-state index in [1.165, 1.54) is 0 Å². The summed E-state index contributed by atoms with van der Waals surface area (Å²) in [6, 6.07) is 7.73. The van der Waals surface area contributed by atoms with E-state index in [2.05, 4.69) is 13.8 Å². The van der Waals surface area contributed by atoms with Crippen molar-refractivity contribution < 1.29 is 9.78 Å². The molecule has 0 saturated heterocycles. The summed E-state index contributed by atoms with van der Waals surface area (Å²) in [4.78, 5) is 11.0. The van der Waals surface area contributed by atoms with E-state index in [9.17, 15) is 0 Å². The van der Waals surface area contributed by atoms with Gasteiger partial charge in [-0.1, -0.05) is 37.6 Å². The van der Waals surface area contributed by atoms with Crippen LogP contribution in [-0.4, -0.2) is 5.60 Å². The molecule has 3 heteroatoms. The largest absolute Gasteiger partial charge is 0.230 e. The highest BCUT2D eigenvalue weighted by molar-refractivity contribution is 6.30. The van der Waals surface area contributed by atoms with Gasteiger partial charge >= 0.3 is 0 Å². The highest BCUT2D eigenvalue weighted by atomic mass is 35.5. The van der Waals surface area contributed by atoms with E-state index in [1.54, 1.807) is 0 Å². The fourth-order valence-corrected chi connectivity index (χ4v) is 1.66. The molecule has 0 spiro atoms. The van der Waals surface area contributed by atoms with Gasteiger partial charge in [0.15, 0.2) is 0 Å². The Morgan fingerprint density at radius 2 is 1.67 bits per heavy atom. The maximum Gasteiger partial charge on any atom is 0.118 e. The fourth-order valence-electron chi connectivity index (χ4n) is 1.54. The van der Waals surface area contributed by atoms with Crippen LogP contribution in [0.3, 0.4) is 0 Å². The molecule has 1 atom stereocenters. The Hall–Kier alpha value is -0.570. The average molecular weight is 271 g/mol. The topological polar surface area (TPSA) is 18.5 Å². The molecule has 0 bridgehead atoms. The zero-order valence-corrected chi connectivity index (χ0v) is 12.6. The molecule has 0 aliphatic rings. The second kappa shape index (κ2) is 6.55. The smallest absolute Gasteiger partial charge is 0.118 e. The van der Waals surface area contributed by atoms with Crippen molar-refractivity contribution in [3.05, 3.63) is 34.9 Å². The van der Waals surface area contributed by atoms with Crippen LogP contribution in [-0.2, 0) is 9.78 Å². The first-order chi connectivity index (χ1) is 8.28. The van der Waals surface area contributed by atoms with Gasteiger partial charge in [0.05, 0.1) is 5.60 Å². The lowest BCUT2D eigenvalue weighted by Crippen LogP contribution is -2.21. The van der Waals surface area contributed by atoms with Gasteiger partial charge in [-0.25, -0.2) is 9.78 Å². The molecule has 0 radical (unpaired) electrons. The molecule has 0 amide bonds.